The van der Waals surface area contributed by atoms with E-state index in [4.69, 9.17) is 4.74 Å². The summed E-state index contributed by atoms with van der Waals surface area (Å²) < 4.78 is 31.5. The van der Waals surface area contributed by atoms with Gasteiger partial charge in [-0.15, -0.1) is 0 Å². The number of sulfonamides is 1. The molecule has 0 fully saturated rings. The first-order valence-electron chi connectivity index (χ1n) is 6.56. The smallest absolute Gasteiger partial charge is 0.211 e. The van der Waals surface area contributed by atoms with Crippen molar-refractivity contribution in [2.24, 2.45) is 0 Å². The summed E-state index contributed by atoms with van der Waals surface area (Å²) >= 11 is 0. The van der Waals surface area contributed by atoms with Crippen molar-refractivity contribution < 1.29 is 13.2 Å². The van der Waals surface area contributed by atoms with Gasteiger partial charge in [-0.05, 0) is 24.5 Å². The van der Waals surface area contributed by atoms with Crippen molar-refractivity contribution in [2.45, 2.75) is 32.8 Å². The number of unbranched alkanes of at least 4 members (excludes halogenated alkanes) is 1. The van der Waals surface area contributed by atoms with Gasteiger partial charge in [0.05, 0.1) is 11.9 Å². The molecule has 0 saturated carbocycles. The zero-order valence-corrected chi connectivity index (χ0v) is 12.7. The Balaban J connectivity index is 2.66. The Labute approximate surface area is 116 Å². The van der Waals surface area contributed by atoms with Gasteiger partial charge in [0.25, 0.3) is 0 Å². The van der Waals surface area contributed by atoms with Crippen LogP contribution in [0.2, 0.25) is 0 Å². The van der Waals surface area contributed by atoms with Gasteiger partial charge < -0.3 is 4.74 Å². The summed E-state index contributed by atoms with van der Waals surface area (Å²) in [6.07, 6.45) is 1.29. The standard InChI is InChI=1S/C14H23NO3S/c1-4-5-10-19(16,17)15-11-14(18-3)13-9-7-6-8-12(13)2/h6-9,14-15H,4-5,10-11H2,1-3H3. The molecular weight excluding hydrogens is 262 g/mol. The van der Waals surface area contributed by atoms with Crippen molar-refractivity contribution in [2.75, 3.05) is 19.4 Å². The Morgan fingerprint density at radius 3 is 2.58 bits per heavy atom. The molecule has 0 aliphatic carbocycles. The average Bonchev–Trinajstić information content (AvgIpc) is 2.39. The van der Waals surface area contributed by atoms with Gasteiger partial charge in [-0.1, -0.05) is 37.6 Å². The molecule has 5 heteroatoms. The van der Waals surface area contributed by atoms with Crippen LogP contribution < -0.4 is 4.72 Å². The maximum atomic E-state index is 11.8. The number of ether oxygens (including phenoxy) is 1. The second-order valence-electron chi connectivity index (χ2n) is 4.60. The van der Waals surface area contributed by atoms with Crippen LogP contribution in [-0.4, -0.2) is 27.8 Å². The average molecular weight is 285 g/mol. The number of benzene rings is 1. The van der Waals surface area contributed by atoms with Crippen LogP contribution in [0.25, 0.3) is 0 Å². The second kappa shape index (κ2) is 7.62. The fraction of sp³-hybridized carbons (Fsp3) is 0.571. The highest BCUT2D eigenvalue weighted by molar-refractivity contribution is 7.89. The summed E-state index contributed by atoms with van der Waals surface area (Å²) in [6.45, 7) is 4.24. The summed E-state index contributed by atoms with van der Waals surface area (Å²) in [5, 5.41) is 0. The van der Waals surface area contributed by atoms with E-state index in [9.17, 15) is 8.42 Å². The molecule has 1 aromatic carbocycles. The largest absolute Gasteiger partial charge is 0.375 e. The molecule has 1 N–H and O–H groups in total. The summed E-state index contributed by atoms with van der Waals surface area (Å²) in [6, 6.07) is 7.84. The molecule has 0 aromatic heterocycles. The van der Waals surface area contributed by atoms with Gasteiger partial charge in [-0.3, -0.25) is 0 Å². The quantitative estimate of drug-likeness (QED) is 0.798. The number of hydrogen-bond acceptors (Lipinski definition) is 3. The third-order valence-corrected chi connectivity index (χ3v) is 4.51. The Morgan fingerprint density at radius 1 is 1.32 bits per heavy atom. The minimum absolute atomic E-state index is 0.174. The van der Waals surface area contributed by atoms with Gasteiger partial charge in [-0.2, -0.15) is 0 Å². The topological polar surface area (TPSA) is 55.4 Å². The molecule has 1 aromatic rings. The van der Waals surface area contributed by atoms with E-state index in [2.05, 4.69) is 4.72 Å². The van der Waals surface area contributed by atoms with Gasteiger partial charge in [-0.25, -0.2) is 13.1 Å². The van der Waals surface area contributed by atoms with Crippen LogP contribution in [0.4, 0.5) is 0 Å². The molecule has 0 bridgehead atoms. The lowest BCUT2D eigenvalue weighted by Crippen LogP contribution is -2.31. The molecule has 0 aliphatic rings. The zero-order valence-electron chi connectivity index (χ0n) is 11.8. The lowest BCUT2D eigenvalue weighted by molar-refractivity contribution is 0.107. The van der Waals surface area contributed by atoms with Gasteiger partial charge >= 0.3 is 0 Å². The molecule has 0 heterocycles. The van der Waals surface area contributed by atoms with Crippen LogP contribution in [0, 0.1) is 6.92 Å². The first kappa shape index (κ1) is 16.1. The highest BCUT2D eigenvalue weighted by Gasteiger charge is 2.16. The van der Waals surface area contributed by atoms with Crippen LogP contribution >= 0.6 is 0 Å². The Kier molecular flexibility index (Phi) is 6.48. The summed E-state index contributed by atoms with van der Waals surface area (Å²) in [4.78, 5) is 0. The second-order valence-corrected chi connectivity index (χ2v) is 6.53. The minimum Gasteiger partial charge on any atom is -0.375 e. The SMILES string of the molecule is CCCCS(=O)(=O)NCC(OC)c1ccccc1C. The van der Waals surface area contributed by atoms with E-state index in [-0.39, 0.29) is 18.4 Å². The first-order valence-corrected chi connectivity index (χ1v) is 8.21. The number of hydrogen-bond donors (Lipinski definition) is 1. The van der Waals surface area contributed by atoms with Gasteiger partial charge in [0.2, 0.25) is 10.0 Å². The lowest BCUT2D eigenvalue weighted by atomic mass is 10.0. The highest BCUT2D eigenvalue weighted by Crippen LogP contribution is 2.19. The fourth-order valence-electron chi connectivity index (χ4n) is 1.88. The van der Waals surface area contributed by atoms with E-state index in [1.54, 1.807) is 7.11 Å². The number of nitrogens with one attached hydrogen (secondary N) is 1. The number of rotatable bonds is 8. The summed E-state index contributed by atoms with van der Waals surface area (Å²) in [5.41, 5.74) is 2.12. The fourth-order valence-corrected chi connectivity index (χ4v) is 3.10. The Hall–Kier alpha value is -0.910. The van der Waals surface area contributed by atoms with Crippen LogP contribution in [0.3, 0.4) is 0 Å². The lowest BCUT2D eigenvalue weighted by Gasteiger charge is -2.18. The molecule has 1 unspecified atom stereocenters. The van der Waals surface area contributed by atoms with Crippen LogP contribution in [0.1, 0.15) is 37.0 Å². The molecule has 1 rings (SSSR count). The van der Waals surface area contributed by atoms with Crippen molar-refractivity contribution in [3.63, 3.8) is 0 Å². The molecular formula is C14H23NO3S. The van der Waals surface area contributed by atoms with E-state index in [1.807, 2.05) is 38.1 Å². The van der Waals surface area contributed by atoms with Crippen LogP contribution in [-0.2, 0) is 14.8 Å². The maximum Gasteiger partial charge on any atom is 0.211 e. The molecule has 0 spiro atoms. The summed E-state index contributed by atoms with van der Waals surface area (Å²) in [5.74, 6) is 0.174. The molecule has 1 atom stereocenters. The zero-order chi connectivity index (χ0) is 14.3. The minimum atomic E-state index is -3.20. The normalized spacial score (nSPS) is 13.4. The van der Waals surface area contributed by atoms with Crippen molar-refractivity contribution in [1.82, 2.24) is 4.72 Å². The van der Waals surface area contributed by atoms with Crippen LogP contribution in [0.15, 0.2) is 24.3 Å². The number of methoxy groups -OCH3 is 1. The van der Waals surface area contributed by atoms with E-state index in [1.165, 1.54) is 0 Å². The molecule has 4 nitrogen and oxygen atoms in total. The molecule has 0 saturated heterocycles. The monoisotopic (exact) mass is 285 g/mol. The van der Waals surface area contributed by atoms with E-state index in [0.29, 0.717) is 6.42 Å². The van der Waals surface area contributed by atoms with Gasteiger partial charge in [0.1, 0.15) is 0 Å². The van der Waals surface area contributed by atoms with E-state index >= 15 is 0 Å². The van der Waals surface area contributed by atoms with Gasteiger partial charge in [0, 0.05) is 13.7 Å². The molecule has 108 valence electrons. The van der Waals surface area contributed by atoms with Crippen LogP contribution in [0.5, 0.6) is 0 Å². The Morgan fingerprint density at radius 2 is 2.00 bits per heavy atom. The molecule has 0 aliphatic heterocycles. The predicted octanol–water partition coefficient (Wildman–Crippen LogP) is 2.40. The number of aryl methyl sites for hydroxylation is 1. The third kappa shape index (κ3) is 5.30. The Bertz CT molecular complexity index is 485. The van der Waals surface area contributed by atoms with Gasteiger partial charge in [0.15, 0.2) is 0 Å². The van der Waals surface area contributed by atoms with Crippen molar-refractivity contribution in [3.8, 4) is 0 Å². The predicted molar refractivity (Wildman–Crippen MR) is 77.6 cm³/mol. The third-order valence-electron chi connectivity index (χ3n) is 3.08. The first-order chi connectivity index (χ1) is 9.00. The molecule has 19 heavy (non-hydrogen) atoms. The summed E-state index contributed by atoms with van der Waals surface area (Å²) in [7, 11) is -1.61. The van der Waals surface area contributed by atoms with E-state index < -0.39 is 10.0 Å². The van der Waals surface area contributed by atoms with E-state index in [0.717, 1.165) is 17.5 Å². The van der Waals surface area contributed by atoms with Crippen molar-refractivity contribution in [3.05, 3.63) is 35.4 Å². The molecule has 0 amide bonds. The maximum absolute atomic E-state index is 11.8. The molecule has 0 radical (unpaired) electrons. The highest BCUT2D eigenvalue weighted by atomic mass is 32.2. The van der Waals surface area contributed by atoms with Crippen molar-refractivity contribution >= 4 is 10.0 Å². The van der Waals surface area contributed by atoms with Crippen molar-refractivity contribution in [1.29, 1.82) is 0 Å².